The molecule has 2 heterocycles. The fourth-order valence-electron chi connectivity index (χ4n) is 3.81. The van der Waals surface area contributed by atoms with Crippen molar-refractivity contribution in [1.29, 1.82) is 0 Å². The molecule has 172 valence electrons. The molecule has 0 bridgehead atoms. The van der Waals surface area contributed by atoms with Crippen LogP contribution in [0.4, 0.5) is 29.3 Å². The van der Waals surface area contributed by atoms with Gasteiger partial charge in [0.05, 0.1) is 24.5 Å². The highest BCUT2D eigenvalue weighted by molar-refractivity contribution is 5.90. The van der Waals surface area contributed by atoms with Gasteiger partial charge in [0.1, 0.15) is 11.9 Å². The number of amides is 2. The number of ether oxygens (including phenoxy) is 1. The third-order valence-electron chi connectivity index (χ3n) is 5.55. The fourth-order valence-corrected chi connectivity index (χ4v) is 3.81. The zero-order valence-electron chi connectivity index (χ0n) is 17.7. The zero-order valence-corrected chi connectivity index (χ0v) is 17.7. The Labute approximate surface area is 179 Å². The van der Waals surface area contributed by atoms with E-state index in [9.17, 15) is 22.8 Å². The molecule has 2 saturated heterocycles. The largest absolute Gasteiger partial charge is 0.442 e. The molecule has 1 atom stereocenters. The number of likely N-dealkylation sites (N-methyl/N-ethyl adjacent to an activating group) is 1. The predicted molar refractivity (Wildman–Crippen MR) is 110 cm³/mol. The second kappa shape index (κ2) is 10.2. The van der Waals surface area contributed by atoms with Gasteiger partial charge in [0, 0.05) is 39.8 Å². The lowest BCUT2D eigenvalue weighted by Gasteiger charge is -2.29. The van der Waals surface area contributed by atoms with Crippen LogP contribution in [0.5, 0.6) is 0 Å². The molecule has 31 heavy (non-hydrogen) atoms. The van der Waals surface area contributed by atoms with Crippen molar-refractivity contribution in [3.63, 3.8) is 0 Å². The molecule has 11 heteroatoms. The van der Waals surface area contributed by atoms with Crippen LogP contribution in [0.2, 0.25) is 0 Å². The lowest BCUT2D eigenvalue weighted by Crippen LogP contribution is -2.40. The average molecular weight is 443 g/mol. The lowest BCUT2D eigenvalue weighted by atomic mass is 10.2. The Morgan fingerprint density at radius 3 is 2.74 bits per heavy atom. The summed E-state index contributed by atoms with van der Waals surface area (Å²) in [5, 5.41) is 6.43. The van der Waals surface area contributed by atoms with Gasteiger partial charge < -0.3 is 15.0 Å². The number of carbonyl (C=O) groups excluding carboxylic acids is 2. The molecular weight excluding hydrogens is 415 g/mol. The number of cyclic esters (lactones) is 1. The number of alkyl halides is 2. The summed E-state index contributed by atoms with van der Waals surface area (Å²) in [7, 11) is 2.04. The van der Waals surface area contributed by atoms with Gasteiger partial charge in [-0.15, -0.1) is 0 Å². The fraction of sp³-hybridized carbons (Fsp3) is 0.600. The summed E-state index contributed by atoms with van der Waals surface area (Å²) in [6.07, 6.45) is -3.53. The third-order valence-corrected chi connectivity index (χ3v) is 5.55. The van der Waals surface area contributed by atoms with Crippen molar-refractivity contribution >= 4 is 23.4 Å². The first-order valence-electron chi connectivity index (χ1n) is 10.3. The van der Waals surface area contributed by atoms with Crippen molar-refractivity contribution in [1.82, 2.24) is 15.3 Å². The predicted octanol–water partition coefficient (Wildman–Crippen LogP) is 1.91. The molecule has 0 spiro atoms. The minimum atomic E-state index is -3.14. The zero-order chi connectivity index (χ0) is 22.5. The van der Waals surface area contributed by atoms with Gasteiger partial charge in [-0.25, -0.2) is 19.2 Å². The molecule has 8 nitrogen and oxygen atoms in total. The molecule has 2 amide bonds. The summed E-state index contributed by atoms with van der Waals surface area (Å²) >= 11 is 0. The first kappa shape index (κ1) is 23.1. The van der Waals surface area contributed by atoms with Gasteiger partial charge in [-0.1, -0.05) is 0 Å². The van der Waals surface area contributed by atoms with Crippen LogP contribution in [0.25, 0.3) is 0 Å². The van der Waals surface area contributed by atoms with Crippen LogP contribution in [0, 0.1) is 5.82 Å². The number of nitrogens with zero attached hydrogens (tertiary/aromatic N) is 4. The van der Waals surface area contributed by atoms with E-state index < -0.39 is 30.3 Å². The summed E-state index contributed by atoms with van der Waals surface area (Å²) in [6.45, 7) is 5.84. The second-order valence-corrected chi connectivity index (χ2v) is 7.57. The summed E-state index contributed by atoms with van der Waals surface area (Å²) in [6, 6.07) is 4.52. The quantitative estimate of drug-likeness (QED) is 0.629. The van der Waals surface area contributed by atoms with Crippen LogP contribution in [0.3, 0.4) is 0 Å². The Kier molecular flexibility index (Phi) is 7.60. The number of rotatable bonds is 9. The molecule has 2 aliphatic heterocycles. The molecule has 0 unspecified atom stereocenters. The molecule has 1 aromatic carbocycles. The SMILES string of the molecule is CCN(CCN1CCCN1C)c1ccc(N2C[C@H](CNC(=O)C(F)F)OC2=O)cc1F. The number of halogens is 3. The number of hydrogen-bond acceptors (Lipinski definition) is 6. The summed E-state index contributed by atoms with van der Waals surface area (Å²) < 4.78 is 44.5. The van der Waals surface area contributed by atoms with Crippen molar-refractivity contribution in [2.45, 2.75) is 25.9 Å². The van der Waals surface area contributed by atoms with Gasteiger partial charge >= 0.3 is 12.5 Å². The maximum Gasteiger partial charge on any atom is 0.414 e. The van der Waals surface area contributed by atoms with Gasteiger partial charge in [-0.3, -0.25) is 9.69 Å². The number of hydrogen-bond donors (Lipinski definition) is 1. The summed E-state index contributed by atoms with van der Waals surface area (Å²) in [5.74, 6) is -1.89. The van der Waals surface area contributed by atoms with E-state index in [2.05, 4.69) is 10.0 Å². The van der Waals surface area contributed by atoms with Crippen LogP contribution in [-0.2, 0) is 9.53 Å². The summed E-state index contributed by atoms with van der Waals surface area (Å²) in [4.78, 5) is 26.3. The van der Waals surface area contributed by atoms with Gasteiger partial charge in [-0.05, 0) is 31.5 Å². The van der Waals surface area contributed by atoms with E-state index in [-0.39, 0.29) is 13.1 Å². The van der Waals surface area contributed by atoms with Gasteiger partial charge in [-0.2, -0.15) is 8.78 Å². The lowest BCUT2D eigenvalue weighted by molar-refractivity contribution is -0.132. The molecule has 0 aromatic heterocycles. The number of carbonyl (C=O) groups is 2. The third kappa shape index (κ3) is 5.59. The number of nitrogens with one attached hydrogen (secondary N) is 1. The van der Waals surface area contributed by atoms with E-state index in [1.54, 1.807) is 12.1 Å². The highest BCUT2D eigenvalue weighted by Crippen LogP contribution is 2.28. The Morgan fingerprint density at radius 2 is 2.13 bits per heavy atom. The molecule has 2 fully saturated rings. The number of hydrazine groups is 1. The Hall–Kier alpha value is -2.53. The van der Waals surface area contributed by atoms with Crippen LogP contribution in [0.15, 0.2) is 18.2 Å². The van der Waals surface area contributed by atoms with E-state index in [0.717, 1.165) is 26.1 Å². The Balaban J connectivity index is 1.61. The van der Waals surface area contributed by atoms with Crippen molar-refractivity contribution in [2.75, 3.05) is 62.7 Å². The number of benzene rings is 1. The Bertz CT molecular complexity index is 797. The van der Waals surface area contributed by atoms with E-state index in [1.807, 2.05) is 24.2 Å². The van der Waals surface area contributed by atoms with E-state index >= 15 is 0 Å². The average Bonchev–Trinajstić information content (AvgIpc) is 3.32. The maximum absolute atomic E-state index is 14.9. The molecular formula is C20H28F3N5O3. The molecule has 0 saturated carbocycles. The van der Waals surface area contributed by atoms with Crippen LogP contribution >= 0.6 is 0 Å². The van der Waals surface area contributed by atoms with E-state index in [0.29, 0.717) is 24.5 Å². The molecule has 1 N–H and O–H groups in total. The number of anilines is 2. The molecule has 1 aromatic rings. The van der Waals surface area contributed by atoms with Crippen molar-refractivity contribution < 1.29 is 27.5 Å². The Morgan fingerprint density at radius 1 is 1.35 bits per heavy atom. The normalized spacial score (nSPS) is 19.9. The summed E-state index contributed by atoms with van der Waals surface area (Å²) in [5.41, 5.74) is 0.755. The molecule has 3 rings (SSSR count). The van der Waals surface area contributed by atoms with Gasteiger partial charge in [0.25, 0.3) is 5.91 Å². The van der Waals surface area contributed by atoms with Gasteiger partial charge in [0.2, 0.25) is 0 Å². The van der Waals surface area contributed by atoms with Crippen molar-refractivity contribution in [2.24, 2.45) is 0 Å². The smallest absolute Gasteiger partial charge is 0.414 e. The highest BCUT2D eigenvalue weighted by Gasteiger charge is 2.33. The maximum atomic E-state index is 14.9. The van der Waals surface area contributed by atoms with Crippen molar-refractivity contribution in [3.05, 3.63) is 24.0 Å². The second-order valence-electron chi connectivity index (χ2n) is 7.57. The first-order valence-corrected chi connectivity index (χ1v) is 10.3. The molecule has 2 aliphatic rings. The van der Waals surface area contributed by atoms with Gasteiger partial charge in [0.15, 0.2) is 0 Å². The van der Waals surface area contributed by atoms with Crippen LogP contribution < -0.4 is 15.1 Å². The van der Waals surface area contributed by atoms with Crippen molar-refractivity contribution in [3.8, 4) is 0 Å². The van der Waals surface area contributed by atoms with Crippen LogP contribution in [0.1, 0.15) is 13.3 Å². The monoisotopic (exact) mass is 443 g/mol. The van der Waals surface area contributed by atoms with Crippen LogP contribution in [-0.4, -0.2) is 87.4 Å². The first-order chi connectivity index (χ1) is 14.8. The molecule has 0 radical (unpaired) electrons. The standard InChI is InChI=1S/C20H28F3N5O3/c1-3-26(9-10-27-8-4-7-25(27)2)17-6-5-14(11-16(17)21)28-13-15(31-20(28)30)12-24-19(29)18(22)23/h5-6,11,15,18H,3-4,7-10,12-13H2,1-2H3,(H,24,29)/t15-/m0/s1. The minimum absolute atomic E-state index is 0.0277. The minimum Gasteiger partial charge on any atom is -0.442 e. The van der Waals surface area contributed by atoms with E-state index in [4.69, 9.17) is 4.74 Å². The topological polar surface area (TPSA) is 68.4 Å². The van der Waals surface area contributed by atoms with E-state index in [1.165, 1.54) is 11.0 Å². The highest BCUT2D eigenvalue weighted by atomic mass is 19.3. The molecule has 0 aliphatic carbocycles.